The highest BCUT2D eigenvalue weighted by molar-refractivity contribution is 5.88. The van der Waals surface area contributed by atoms with Crippen molar-refractivity contribution in [3.8, 4) is 0 Å². The van der Waals surface area contributed by atoms with Crippen LogP contribution in [0.2, 0.25) is 0 Å². The van der Waals surface area contributed by atoms with Crippen LogP contribution < -0.4 is 5.32 Å². The Morgan fingerprint density at radius 1 is 1.32 bits per heavy atom. The minimum atomic E-state index is -1.15. The van der Waals surface area contributed by atoms with Gasteiger partial charge in [0.2, 0.25) is 0 Å². The number of nitrogens with one attached hydrogen (secondary N) is 1. The van der Waals surface area contributed by atoms with Gasteiger partial charge < -0.3 is 10.4 Å². The number of aromatic nitrogens is 1. The maximum Gasteiger partial charge on any atom is 0.335 e. The summed E-state index contributed by atoms with van der Waals surface area (Å²) in [5.74, 6) is -1.73. The van der Waals surface area contributed by atoms with Crippen molar-refractivity contribution in [2.24, 2.45) is 0 Å². The quantitative estimate of drug-likeness (QED) is 0.886. The summed E-state index contributed by atoms with van der Waals surface area (Å²) in [6, 6.07) is 7.36. The molecule has 0 spiro atoms. The molecule has 2 aromatic rings. The summed E-state index contributed by atoms with van der Waals surface area (Å²) in [4.78, 5) is 14.6. The number of nitrogens with zero attached hydrogens (tertiary/aromatic N) is 1. The Morgan fingerprint density at radius 2 is 2.00 bits per heavy atom. The van der Waals surface area contributed by atoms with Gasteiger partial charge in [0.25, 0.3) is 0 Å². The zero-order valence-corrected chi connectivity index (χ0v) is 10.3. The van der Waals surface area contributed by atoms with Gasteiger partial charge in [-0.25, -0.2) is 9.18 Å². The molecule has 1 unspecified atom stereocenters. The molecule has 98 valence electrons. The van der Waals surface area contributed by atoms with E-state index >= 15 is 0 Å². The van der Waals surface area contributed by atoms with Crippen LogP contribution in [0, 0.1) is 5.82 Å². The second-order valence-electron chi connectivity index (χ2n) is 4.15. The fraction of sp³-hybridized carbons (Fsp3) is 0.143. The highest BCUT2D eigenvalue weighted by atomic mass is 19.1. The lowest BCUT2D eigenvalue weighted by Gasteiger charge is -2.16. The van der Waals surface area contributed by atoms with Gasteiger partial charge in [0.1, 0.15) is 5.82 Å². The predicted octanol–water partition coefficient (Wildman–Crippen LogP) is 3.09. The predicted molar refractivity (Wildman–Crippen MR) is 69.6 cm³/mol. The van der Waals surface area contributed by atoms with Crippen molar-refractivity contribution in [3.05, 3.63) is 59.7 Å². The molecule has 2 rings (SSSR count). The summed E-state index contributed by atoms with van der Waals surface area (Å²) in [6.07, 6.45) is 3.33. The smallest absolute Gasteiger partial charge is 0.335 e. The van der Waals surface area contributed by atoms with Crippen LogP contribution in [0.1, 0.15) is 28.9 Å². The molecule has 0 saturated heterocycles. The zero-order valence-electron chi connectivity index (χ0n) is 10.3. The van der Waals surface area contributed by atoms with Crippen molar-refractivity contribution in [1.82, 2.24) is 4.98 Å². The monoisotopic (exact) mass is 260 g/mol. The van der Waals surface area contributed by atoms with E-state index in [4.69, 9.17) is 5.11 Å². The first-order chi connectivity index (χ1) is 9.08. The Labute approximate surface area is 109 Å². The minimum Gasteiger partial charge on any atom is -0.478 e. The van der Waals surface area contributed by atoms with Crippen LogP contribution in [-0.4, -0.2) is 16.1 Å². The third-order valence-electron chi connectivity index (χ3n) is 2.79. The number of carboxylic acids is 1. The first kappa shape index (κ1) is 13.0. The average molecular weight is 260 g/mol. The molecule has 0 aliphatic heterocycles. The van der Waals surface area contributed by atoms with E-state index < -0.39 is 11.8 Å². The lowest BCUT2D eigenvalue weighted by atomic mass is 10.1. The molecule has 4 nitrogen and oxygen atoms in total. The number of halogens is 1. The third-order valence-corrected chi connectivity index (χ3v) is 2.79. The number of rotatable bonds is 4. The number of hydrogen-bond donors (Lipinski definition) is 2. The summed E-state index contributed by atoms with van der Waals surface area (Å²) in [7, 11) is 0. The molecule has 2 N–H and O–H groups in total. The number of benzene rings is 1. The van der Waals surface area contributed by atoms with Gasteiger partial charge in [-0.2, -0.15) is 0 Å². The normalized spacial score (nSPS) is 11.9. The third kappa shape index (κ3) is 3.07. The van der Waals surface area contributed by atoms with Gasteiger partial charge in [0.15, 0.2) is 0 Å². The highest BCUT2D eigenvalue weighted by Crippen LogP contribution is 2.22. The van der Waals surface area contributed by atoms with Gasteiger partial charge in [0.05, 0.1) is 11.3 Å². The zero-order chi connectivity index (χ0) is 13.8. The number of anilines is 1. The van der Waals surface area contributed by atoms with Crippen LogP contribution in [0.5, 0.6) is 0 Å². The molecule has 5 heteroatoms. The Morgan fingerprint density at radius 3 is 2.58 bits per heavy atom. The van der Waals surface area contributed by atoms with E-state index in [9.17, 15) is 9.18 Å². The molecular weight excluding hydrogens is 247 g/mol. The molecule has 1 aromatic heterocycles. The van der Waals surface area contributed by atoms with Crippen LogP contribution in [0.25, 0.3) is 0 Å². The first-order valence-electron chi connectivity index (χ1n) is 5.77. The molecule has 1 heterocycles. The summed E-state index contributed by atoms with van der Waals surface area (Å²) in [5, 5.41) is 11.8. The number of carbonyl (C=O) groups is 1. The number of carboxylic acid groups (broad SMARTS) is 1. The first-order valence-corrected chi connectivity index (χ1v) is 5.77. The summed E-state index contributed by atoms with van der Waals surface area (Å²) < 4.78 is 13.7. The van der Waals surface area contributed by atoms with Crippen LogP contribution in [0.4, 0.5) is 10.1 Å². The summed E-state index contributed by atoms with van der Waals surface area (Å²) in [6.45, 7) is 1.89. The van der Waals surface area contributed by atoms with Crippen LogP contribution in [-0.2, 0) is 0 Å². The summed E-state index contributed by atoms with van der Waals surface area (Å²) >= 11 is 0. The summed E-state index contributed by atoms with van der Waals surface area (Å²) in [5.41, 5.74) is 1.17. The Hall–Kier alpha value is -2.43. The van der Waals surface area contributed by atoms with Crippen LogP contribution >= 0.6 is 0 Å². The Bertz CT molecular complexity index is 587. The van der Waals surface area contributed by atoms with Gasteiger partial charge in [-0.3, -0.25) is 4.98 Å². The van der Waals surface area contributed by atoms with Crippen molar-refractivity contribution in [1.29, 1.82) is 0 Å². The molecule has 19 heavy (non-hydrogen) atoms. The largest absolute Gasteiger partial charge is 0.478 e. The van der Waals surface area contributed by atoms with Gasteiger partial charge in [-0.1, -0.05) is 0 Å². The topological polar surface area (TPSA) is 62.2 Å². The Kier molecular flexibility index (Phi) is 3.75. The van der Waals surface area contributed by atoms with Gasteiger partial charge in [-0.15, -0.1) is 0 Å². The minimum absolute atomic E-state index is 0.0698. The fourth-order valence-corrected chi connectivity index (χ4v) is 1.73. The molecule has 0 aliphatic rings. The second-order valence-corrected chi connectivity index (χ2v) is 4.15. The lowest BCUT2D eigenvalue weighted by molar-refractivity contribution is 0.0696. The van der Waals surface area contributed by atoms with Crippen LogP contribution in [0.15, 0.2) is 42.7 Å². The molecule has 0 fully saturated rings. The van der Waals surface area contributed by atoms with Crippen molar-refractivity contribution in [2.45, 2.75) is 13.0 Å². The van der Waals surface area contributed by atoms with E-state index in [2.05, 4.69) is 10.3 Å². The number of pyridine rings is 1. The Balaban J connectivity index is 2.18. The van der Waals surface area contributed by atoms with Crippen molar-refractivity contribution >= 4 is 11.7 Å². The standard InChI is InChI=1S/C14H13FN2O2/c1-9(10-4-6-16-7-5-10)17-13-3-2-11(14(18)19)8-12(13)15/h2-9,17H,1H3,(H,18,19). The molecular formula is C14H13FN2O2. The molecule has 0 amide bonds. The highest BCUT2D eigenvalue weighted by Gasteiger charge is 2.11. The SMILES string of the molecule is CC(Nc1ccc(C(=O)O)cc1F)c1ccncc1. The van der Waals surface area contributed by atoms with Crippen molar-refractivity contribution in [3.63, 3.8) is 0 Å². The maximum absolute atomic E-state index is 13.7. The molecule has 1 aromatic carbocycles. The molecule has 1 atom stereocenters. The molecule has 0 aliphatic carbocycles. The number of aromatic carboxylic acids is 1. The van der Waals surface area contributed by atoms with E-state index in [0.717, 1.165) is 11.6 Å². The van der Waals surface area contributed by atoms with Crippen LogP contribution in [0.3, 0.4) is 0 Å². The lowest BCUT2D eigenvalue weighted by Crippen LogP contribution is -2.08. The molecule has 0 bridgehead atoms. The molecule has 0 radical (unpaired) electrons. The van der Waals surface area contributed by atoms with E-state index in [1.54, 1.807) is 12.4 Å². The number of hydrogen-bond acceptors (Lipinski definition) is 3. The molecule has 0 saturated carbocycles. The van der Waals surface area contributed by atoms with E-state index in [1.165, 1.54) is 12.1 Å². The fourth-order valence-electron chi connectivity index (χ4n) is 1.73. The van der Waals surface area contributed by atoms with Gasteiger partial charge in [0, 0.05) is 18.4 Å². The maximum atomic E-state index is 13.7. The van der Waals surface area contributed by atoms with Gasteiger partial charge >= 0.3 is 5.97 Å². The van der Waals surface area contributed by atoms with E-state index in [1.807, 2.05) is 19.1 Å². The van der Waals surface area contributed by atoms with Crippen molar-refractivity contribution < 1.29 is 14.3 Å². The van der Waals surface area contributed by atoms with E-state index in [0.29, 0.717) is 0 Å². The van der Waals surface area contributed by atoms with E-state index in [-0.39, 0.29) is 17.3 Å². The second kappa shape index (κ2) is 5.48. The van der Waals surface area contributed by atoms with Crippen molar-refractivity contribution in [2.75, 3.05) is 5.32 Å². The van der Waals surface area contributed by atoms with Gasteiger partial charge in [-0.05, 0) is 42.8 Å². The average Bonchev–Trinajstić information content (AvgIpc) is 2.41.